The molecule has 0 saturated carbocycles. The molecule has 3 heteroatoms. The largest absolute Gasteiger partial charge is 1.00 e. The van der Waals surface area contributed by atoms with Gasteiger partial charge in [0.1, 0.15) is 13.1 Å². The molecular formula is C10H18BrNO. The lowest BCUT2D eigenvalue weighted by atomic mass is 10.1. The molecule has 0 bridgehead atoms. The quantitative estimate of drug-likeness (QED) is 0.437. The maximum atomic E-state index is 8.93. The van der Waals surface area contributed by atoms with Crippen molar-refractivity contribution < 1.29 is 26.6 Å². The predicted octanol–water partition coefficient (Wildman–Crippen LogP) is -2.38. The number of hydrogen-bond acceptors (Lipinski definition) is 1. The number of likely N-dealkylation sites (tertiary alicyclic amines) is 1. The highest BCUT2D eigenvalue weighted by Crippen LogP contribution is 2.17. The van der Waals surface area contributed by atoms with Gasteiger partial charge in [0.15, 0.2) is 0 Å². The third-order valence-electron chi connectivity index (χ3n) is 2.77. The predicted molar refractivity (Wildman–Crippen MR) is 49.5 cm³/mol. The Labute approximate surface area is 91.3 Å². The lowest BCUT2D eigenvalue weighted by molar-refractivity contribution is -0.926. The lowest BCUT2D eigenvalue weighted by Crippen LogP contribution is -3.00. The Bertz CT molecular complexity index is 165. The van der Waals surface area contributed by atoms with E-state index in [1.165, 1.54) is 19.3 Å². The molecule has 1 N–H and O–H groups in total. The van der Waals surface area contributed by atoms with Gasteiger partial charge < -0.3 is 26.6 Å². The summed E-state index contributed by atoms with van der Waals surface area (Å²) in [7, 11) is 0. The lowest BCUT2D eigenvalue weighted by Gasteiger charge is -2.39. The van der Waals surface area contributed by atoms with Gasteiger partial charge in [0.05, 0.1) is 19.7 Å². The van der Waals surface area contributed by atoms with E-state index < -0.39 is 0 Å². The first kappa shape index (κ1) is 13.0. The molecule has 0 aromatic heterocycles. The molecule has 0 aliphatic carbocycles. The monoisotopic (exact) mass is 247 g/mol. The molecule has 1 aliphatic heterocycles. The second-order valence-electron chi connectivity index (χ2n) is 3.66. The van der Waals surface area contributed by atoms with E-state index in [9.17, 15) is 0 Å². The first-order valence-electron chi connectivity index (χ1n) is 4.72. The molecule has 0 amide bonds. The Morgan fingerprint density at radius 2 is 1.85 bits per heavy atom. The second-order valence-corrected chi connectivity index (χ2v) is 3.66. The van der Waals surface area contributed by atoms with Gasteiger partial charge in [0, 0.05) is 0 Å². The SMILES string of the molecule is C#CC[N+]1(CCO)CCCCC1.[Br-]. The Morgan fingerprint density at radius 1 is 1.23 bits per heavy atom. The number of terminal acetylenes is 1. The zero-order chi connectivity index (χ0) is 8.86. The Morgan fingerprint density at radius 3 is 2.31 bits per heavy atom. The summed E-state index contributed by atoms with van der Waals surface area (Å²) < 4.78 is 0.951. The van der Waals surface area contributed by atoms with Gasteiger partial charge in [0.2, 0.25) is 0 Å². The fourth-order valence-electron chi connectivity index (χ4n) is 2.05. The number of hydrogen-bond donors (Lipinski definition) is 1. The van der Waals surface area contributed by atoms with Crippen LogP contribution in [-0.2, 0) is 0 Å². The number of halogens is 1. The van der Waals surface area contributed by atoms with Crippen molar-refractivity contribution in [1.29, 1.82) is 0 Å². The average molecular weight is 248 g/mol. The number of aliphatic hydroxyl groups excluding tert-OH is 1. The number of nitrogens with zero attached hydrogens (tertiary/aromatic N) is 1. The van der Waals surface area contributed by atoms with Crippen LogP contribution in [0.4, 0.5) is 0 Å². The third-order valence-corrected chi connectivity index (χ3v) is 2.77. The van der Waals surface area contributed by atoms with E-state index in [0.717, 1.165) is 30.7 Å². The normalized spacial score (nSPS) is 20.0. The van der Waals surface area contributed by atoms with Crippen molar-refractivity contribution in [2.75, 3.05) is 32.8 Å². The molecule has 0 radical (unpaired) electrons. The highest BCUT2D eigenvalue weighted by Gasteiger charge is 2.27. The minimum absolute atomic E-state index is 0. The van der Waals surface area contributed by atoms with Gasteiger partial charge in [-0.25, -0.2) is 0 Å². The van der Waals surface area contributed by atoms with Crippen LogP contribution in [0.25, 0.3) is 0 Å². The van der Waals surface area contributed by atoms with E-state index in [1.54, 1.807) is 0 Å². The Balaban J connectivity index is 0.00000144. The smallest absolute Gasteiger partial charge is 0.140 e. The van der Waals surface area contributed by atoms with Crippen LogP contribution >= 0.6 is 0 Å². The van der Waals surface area contributed by atoms with E-state index in [2.05, 4.69) is 5.92 Å². The molecule has 0 aromatic carbocycles. The van der Waals surface area contributed by atoms with Gasteiger partial charge in [0.25, 0.3) is 0 Å². The fourth-order valence-corrected chi connectivity index (χ4v) is 2.05. The van der Waals surface area contributed by atoms with Crippen molar-refractivity contribution >= 4 is 0 Å². The summed E-state index contributed by atoms with van der Waals surface area (Å²) in [5, 5.41) is 8.93. The summed E-state index contributed by atoms with van der Waals surface area (Å²) in [6, 6.07) is 0. The topological polar surface area (TPSA) is 20.2 Å². The minimum Gasteiger partial charge on any atom is -1.00 e. The van der Waals surface area contributed by atoms with Gasteiger partial charge in [-0.05, 0) is 25.2 Å². The summed E-state index contributed by atoms with van der Waals surface area (Å²) in [6.07, 6.45) is 9.19. The standard InChI is InChI=1S/C10H18NO.BrH/c1-2-6-11(9-10-12)7-4-3-5-8-11;/h1,12H,3-10H2;1H/q+1;/p-1. The van der Waals surface area contributed by atoms with Crippen molar-refractivity contribution in [3.8, 4) is 12.3 Å². The highest BCUT2D eigenvalue weighted by atomic mass is 79.9. The molecule has 0 spiro atoms. The van der Waals surface area contributed by atoms with Crippen LogP contribution in [0.1, 0.15) is 19.3 Å². The average Bonchev–Trinajstić information content (AvgIpc) is 2.07. The molecule has 1 fully saturated rings. The molecule has 76 valence electrons. The van der Waals surface area contributed by atoms with E-state index in [-0.39, 0.29) is 23.6 Å². The van der Waals surface area contributed by atoms with Gasteiger partial charge in [-0.3, -0.25) is 0 Å². The van der Waals surface area contributed by atoms with Crippen LogP contribution in [0, 0.1) is 12.3 Å². The molecular weight excluding hydrogens is 230 g/mol. The maximum absolute atomic E-state index is 8.93. The molecule has 1 aliphatic rings. The molecule has 0 unspecified atom stereocenters. The van der Waals surface area contributed by atoms with Crippen LogP contribution in [0.5, 0.6) is 0 Å². The van der Waals surface area contributed by atoms with Gasteiger partial charge >= 0.3 is 0 Å². The first-order valence-corrected chi connectivity index (χ1v) is 4.72. The Hall–Kier alpha value is -0.0400. The highest BCUT2D eigenvalue weighted by molar-refractivity contribution is 4.84. The molecule has 13 heavy (non-hydrogen) atoms. The Kier molecular flexibility index (Phi) is 6.40. The summed E-state index contributed by atoms with van der Waals surface area (Å²) in [5.41, 5.74) is 0. The van der Waals surface area contributed by atoms with E-state index >= 15 is 0 Å². The zero-order valence-corrected chi connectivity index (χ0v) is 9.59. The summed E-state index contributed by atoms with van der Waals surface area (Å²) in [4.78, 5) is 0. The van der Waals surface area contributed by atoms with Gasteiger partial charge in [-0.2, -0.15) is 0 Å². The van der Waals surface area contributed by atoms with Gasteiger partial charge in [-0.15, -0.1) is 6.42 Å². The van der Waals surface area contributed by atoms with E-state index in [1.807, 2.05) is 0 Å². The summed E-state index contributed by atoms with van der Waals surface area (Å²) in [5.74, 6) is 2.72. The van der Waals surface area contributed by atoms with Crippen molar-refractivity contribution in [2.45, 2.75) is 19.3 Å². The van der Waals surface area contributed by atoms with Crippen LogP contribution in [0.15, 0.2) is 0 Å². The molecule has 1 heterocycles. The number of aliphatic hydroxyl groups is 1. The van der Waals surface area contributed by atoms with Gasteiger partial charge in [-0.1, -0.05) is 0 Å². The van der Waals surface area contributed by atoms with E-state index in [4.69, 9.17) is 11.5 Å². The molecule has 2 nitrogen and oxygen atoms in total. The second kappa shape index (κ2) is 6.42. The van der Waals surface area contributed by atoms with Crippen LogP contribution in [0.2, 0.25) is 0 Å². The summed E-state index contributed by atoms with van der Waals surface area (Å²) >= 11 is 0. The zero-order valence-electron chi connectivity index (χ0n) is 8.01. The molecule has 0 aromatic rings. The first-order chi connectivity index (χ1) is 5.83. The van der Waals surface area contributed by atoms with Crippen molar-refractivity contribution in [1.82, 2.24) is 0 Å². The van der Waals surface area contributed by atoms with Crippen LogP contribution in [-0.4, -0.2) is 42.4 Å². The third kappa shape index (κ3) is 3.68. The maximum Gasteiger partial charge on any atom is 0.140 e. The minimum atomic E-state index is 0. The van der Waals surface area contributed by atoms with E-state index in [0.29, 0.717) is 0 Å². The van der Waals surface area contributed by atoms with Crippen molar-refractivity contribution in [3.63, 3.8) is 0 Å². The number of rotatable bonds is 3. The molecule has 1 rings (SSSR count). The molecule has 0 atom stereocenters. The van der Waals surface area contributed by atoms with Crippen molar-refractivity contribution in [2.24, 2.45) is 0 Å². The van der Waals surface area contributed by atoms with Crippen LogP contribution < -0.4 is 17.0 Å². The van der Waals surface area contributed by atoms with Crippen molar-refractivity contribution in [3.05, 3.63) is 0 Å². The fraction of sp³-hybridized carbons (Fsp3) is 0.800. The summed E-state index contributed by atoms with van der Waals surface area (Å²) in [6.45, 7) is 4.21. The molecule has 1 saturated heterocycles. The number of piperidine rings is 1. The van der Waals surface area contributed by atoms with Crippen LogP contribution in [0.3, 0.4) is 0 Å². The number of quaternary nitrogens is 1.